The lowest BCUT2D eigenvalue weighted by molar-refractivity contribution is 0.471. The normalized spacial score (nSPS) is 12.8. The van der Waals surface area contributed by atoms with Crippen LogP contribution in [-0.4, -0.2) is 4.57 Å². The maximum absolute atomic E-state index is 2.43. The number of aromatic nitrogens is 1. The van der Waals surface area contributed by atoms with E-state index in [2.05, 4.69) is 334 Å². The standard InChI is InChI=1S/C84H81N3S/c1-13-54(2)48-56(4)59-24-35-67(36-25-59)86(68-37-26-60(27-38-68)62-30-45-79-76(51-62)77-52-63(83(7,8)9)31-46-80(77)87(79)65-18-15-14-16-19-65)71-42-44-73(58(6)50-71)72-43-41-70(49-57(72)5)85(66-33-22-55(3)23-34-66)69-39-28-61(29-40-69)74-20-17-21-75-78-53-64(84(10,11)12)32-47-81(78)88-82(74)75/h14-47,49-54,56H,13,48H2,1-12H3. The van der Waals surface area contributed by atoms with Crippen molar-refractivity contribution in [2.24, 2.45) is 5.92 Å². The summed E-state index contributed by atoms with van der Waals surface area (Å²) in [6.45, 7) is 27.5. The van der Waals surface area contributed by atoms with Gasteiger partial charge in [0.25, 0.3) is 0 Å². The van der Waals surface area contributed by atoms with Gasteiger partial charge in [-0.25, -0.2) is 0 Å². The second kappa shape index (κ2) is 23.3. The molecule has 88 heavy (non-hydrogen) atoms. The molecule has 2 aromatic heterocycles. The van der Waals surface area contributed by atoms with Crippen molar-refractivity contribution in [3.8, 4) is 39.1 Å². The molecule has 0 saturated heterocycles. The van der Waals surface area contributed by atoms with E-state index in [1.165, 1.54) is 127 Å². The molecule has 2 heterocycles. The summed E-state index contributed by atoms with van der Waals surface area (Å²) in [4.78, 5) is 4.83. The Kier molecular flexibility index (Phi) is 15.4. The van der Waals surface area contributed by atoms with Crippen molar-refractivity contribution in [2.75, 3.05) is 9.80 Å². The molecule has 0 amide bonds. The highest BCUT2D eigenvalue weighted by Crippen LogP contribution is 2.46. The SMILES string of the molecule is CCC(C)CC(C)c1ccc(N(c2ccc(-c3ccc4c(c3)c3cc(C(C)(C)C)ccc3n4-c3ccccc3)cc2)c2ccc(-c3ccc(N(c4ccc(C)cc4)c4ccc(-c5cccc6c5sc5ccc(C(C)(C)C)cc56)cc4)cc3C)c(C)c2)cc1. The lowest BCUT2D eigenvalue weighted by Gasteiger charge is -2.28. The summed E-state index contributed by atoms with van der Waals surface area (Å²) >= 11 is 1.90. The summed E-state index contributed by atoms with van der Waals surface area (Å²) in [5, 5.41) is 5.21. The molecule has 13 rings (SSSR count). The molecule has 2 unspecified atom stereocenters. The smallest absolute Gasteiger partial charge is 0.0541 e. The fraction of sp³-hybridized carbons (Fsp3) is 0.214. The molecule has 0 aliphatic carbocycles. The molecule has 438 valence electrons. The number of thiophene rings is 1. The van der Waals surface area contributed by atoms with Gasteiger partial charge in [0.2, 0.25) is 0 Å². The third-order valence-electron chi connectivity index (χ3n) is 18.6. The van der Waals surface area contributed by atoms with Crippen molar-refractivity contribution in [3.05, 3.63) is 270 Å². The van der Waals surface area contributed by atoms with Crippen LogP contribution in [0.5, 0.6) is 0 Å². The lowest BCUT2D eigenvalue weighted by Crippen LogP contribution is -2.11. The van der Waals surface area contributed by atoms with E-state index in [0.717, 1.165) is 34.1 Å². The van der Waals surface area contributed by atoms with Gasteiger partial charge in [0, 0.05) is 70.8 Å². The number of benzene rings is 11. The molecule has 3 nitrogen and oxygen atoms in total. The molecule has 2 atom stereocenters. The molecule has 0 saturated carbocycles. The predicted molar refractivity (Wildman–Crippen MR) is 383 cm³/mol. The monoisotopic (exact) mass is 1160 g/mol. The van der Waals surface area contributed by atoms with Crippen LogP contribution in [0.1, 0.15) is 114 Å². The minimum atomic E-state index is 0.0286. The Bertz CT molecular complexity index is 4680. The van der Waals surface area contributed by atoms with Gasteiger partial charge in [-0.2, -0.15) is 0 Å². The summed E-state index contributed by atoms with van der Waals surface area (Å²) in [7, 11) is 0. The van der Waals surface area contributed by atoms with Crippen LogP contribution in [0.25, 0.3) is 81.0 Å². The molecule has 0 fully saturated rings. The highest BCUT2D eigenvalue weighted by molar-refractivity contribution is 7.26. The van der Waals surface area contributed by atoms with Crippen LogP contribution in [0.15, 0.2) is 237 Å². The van der Waals surface area contributed by atoms with Crippen LogP contribution in [0.2, 0.25) is 0 Å². The highest BCUT2D eigenvalue weighted by atomic mass is 32.1. The Labute approximate surface area is 526 Å². The predicted octanol–water partition coefficient (Wildman–Crippen LogP) is 25.2. The highest BCUT2D eigenvalue weighted by Gasteiger charge is 2.23. The molecule has 4 heteroatoms. The first-order chi connectivity index (χ1) is 42.4. The Hall–Kier alpha value is -8.96. The second-order valence-corrected chi connectivity index (χ2v) is 28.0. The van der Waals surface area contributed by atoms with E-state index in [1.807, 2.05) is 11.3 Å². The first kappa shape index (κ1) is 58.1. The van der Waals surface area contributed by atoms with Crippen LogP contribution in [0, 0.1) is 26.7 Å². The number of rotatable bonds is 14. The summed E-state index contributed by atoms with van der Waals surface area (Å²) < 4.78 is 5.08. The van der Waals surface area contributed by atoms with E-state index in [9.17, 15) is 0 Å². The third-order valence-corrected chi connectivity index (χ3v) is 19.8. The number of nitrogens with zero attached hydrogens (tertiary/aromatic N) is 3. The van der Waals surface area contributed by atoms with Crippen LogP contribution in [-0.2, 0) is 10.8 Å². The van der Waals surface area contributed by atoms with Crippen LogP contribution in [0.4, 0.5) is 34.1 Å². The van der Waals surface area contributed by atoms with Gasteiger partial charge < -0.3 is 14.4 Å². The average molecular weight is 1160 g/mol. The number of hydrogen-bond donors (Lipinski definition) is 0. The van der Waals surface area contributed by atoms with Gasteiger partial charge in [0.15, 0.2) is 0 Å². The first-order valence-corrected chi connectivity index (χ1v) is 32.5. The van der Waals surface area contributed by atoms with Crippen LogP contribution < -0.4 is 9.80 Å². The quantitative estimate of drug-likeness (QED) is 0.108. The largest absolute Gasteiger partial charge is 0.310 e. The number of aryl methyl sites for hydroxylation is 3. The molecule has 0 bridgehead atoms. The molecule has 11 aromatic carbocycles. The molecule has 0 spiro atoms. The van der Waals surface area contributed by atoms with Crippen molar-refractivity contribution in [1.82, 2.24) is 4.57 Å². The zero-order valence-corrected chi connectivity index (χ0v) is 54.2. The number of para-hydroxylation sites is 1. The van der Waals surface area contributed by atoms with Crippen LogP contribution >= 0.6 is 11.3 Å². The Morgan fingerprint density at radius 3 is 1.45 bits per heavy atom. The molecule has 13 aromatic rings. The summed E-state index contributed by atoms with van der Waals surface area (Å²) in [6, 6.07) is 89.3. The van der Waals surface area contributed by atoms with Crippen molar-refractivity contribution < 1.29 is 0 Å². The van der Waals surface area contributed by atoms with E-state index in [4.69, 9.17) is 0 Å². The van der Waals surface area contributed by atoms with E-state index >= 15 is 0 Å². The third kappa shape index (κ3) is 11.1. The fourth-order valence-electron chi connectivity index (χ4n) is 13.2. The Morgan fingerprint density at radius 1 is 0.409 bits per heavy atom. The van der Waals surface area contributed by atoms with Gasteiger partial charge in [0.1, 0.15) is 0 Å². The molecular formula is C84H81N3S. The summed E-state index contributed by atoms with van der Waals surface area (Å²) in [5.74, 6) is 1.17. The molecular weight excluding hydrogens is 1080 g/mol. The molecule has 0 radical (unpaired) electrons. The molecule has 0 aliphatic rings. The minimum Gasteiger partial charge on any atom is -0.310 e. The lowest BCUT2D eigenvalue weighted by atomic mass is 9.86. The van der Waals surface area contributed by atoms with Gasteiger partial charge in [0.05, 0.1) is 11.0 Å². The minimum absolute atomic E-state index is 0.0286. The van der Waals surface area contributed by atoms with E-state index in [1.54, 1.807) is 0 Å². The van der Waals surface area contributed by atoms with E-state index in [0.29, 0.717) is 11.8 Å². The molecule has 0 aliphatic heterocycles. The van der Waals surface area contributed by atoms with Gasteiger partial charge >= 0.3 is 0 Å². The Balaban J connectivity index is 0.834. The number of anilines is 6. The number of hydrogen-bond acceptors (Lipinski definition) is 3. The van der Waals surface area contributed by atoms with Crippen molar-refractivity contribution in [3.63, 3.8) is 0 Å². The summed E-state index contributed by atoms with van der Waals surface area (Å²) in [6.07, 6.45) is 2.38. The van der Waals surface area contributed by atoms with Gasteiger partial charge in [-0.15, -0.1) is 11.3 Å². The van der Waals surface area contributed by atoms with Crippen molar-refractivity contribution in [1.29, 1.82) is 0 Å². The van der Waals surface area contributed by atoms with Gasteiger partial charge in [-0.05, 0) is 232 Å². The first-order valence-electron chi connectivity index (χ1n) is 31.7. The maximum Gasteiger partial charge on any atom is 0.0541 e. The maximum atomic E-state index is 2.43. The average Bonchev–Trinajstić information content (AvgIpc) is 1.72. The Morgan fingerprint density at radius 2 is 0.898 bits per heavy atom. The van der Waals surface area contributed by atoms with E-state index in [-0.39, 0.29) is 10.8 Å². The van der Waals surface area contributed by atoms with E-state index < -0.39 is 0 Å². The van der Waals surface area contributed by atoms with Crippen molar-refractivity contribution >= 4 is 87.4 Å². The zero-order chi connectivity index (χ0) is 61.2. The zero-order valence-electron chi connectivity index (χ0n) is 53.3. The van der Waals surface area contributed by atoms with Crippen molar-refractivity contribution in [2.45, 2.75) is 113 Å². The summed E-state index contributed by atoms with van der Waals surface area (Å²) in [5.41, 5.74) is 25.6. The second-order valence-electron chi connectivity index (χ2n) is 27.0. The topological polar surface area (TPSA) is 11.4 Å². The fourth-order valence-corrected chi connectivity index (χ4v) is 14.5. The van der Waals surface area contributed by atoms with Gasteiger partial charge in [-0.3, -0.25) is 0 Å². The van der Waals surface area contributed by atoms with Crippen LogP contribution in [0.3, 0.4) is 0 Å². The molecule has 0 N–H and O–H groups in total. The number of fused-ring (bicyclic) bond motifs is 6. The van der Waals surface area contributed by atoms with Gasteiger partial charge in [-0.1, -0.05) is 190 Å².